The topological polar surface area (TPSA) is 45.4 Å². The summed E-state index contributed by atoms with van der Waals surface area (Å²) in [6, 6.07) is 10.2. The summed E-state index contributed by atoms with van der Waals surface area (Å²) in [4.78, 5) is 9.71. The van der Waals surface area contributed by atoms with Crippen LogP contribution in [0.4, 0.5) is 0 Å². The van der Waals surface area contributed by atoms with Crippen LogP contribution in [0.2, 0.25) is 0 Å². The van der Waals surface area contributed by atoms with Crippen LogP contribution in [0.1, 0.15) is 38.1 Å². The van der Waals surface area contributed by atoms with Crippen molar-refractivity contribution in [3.8, 4) is 11.4 Å². The summed E-state index contributed by atoms with van der Waals surface area (Å²) in [6.07, 6.45) is 8.53. The molecule has 0 saturated carbocycles. The Morgan fingerprint density at radius 3 is 2.65 bits per heavy atom. The number of aromatic nitrogens is 2. The highest BCUT2D eigenvalue weighted by Gasteiger charge is 2.27. The molecular weight excluding hydrogens is 324 g/mol. The molecule has 2 atom stereocenters. The van der Waals surface area contributed by atoms with E-state index in [1.54, 1.807) is 0 Å². The van der Waals surface area contributed by atoms with Gasteiger partial charge in [0.25, 0.3) is 0 Å². The van der Waals surface area contributed by atoms with Crippen molar-refractivity contribution in [1.29, 1.82) is 0 Å². The zero-order valence-corrected chi connectivity index (χ0v) is 15.6. The molecule has 2 aliphatic rings. The molecule has 1 aliphatic heterocycles. The summed E-state index contributed by atoms with van der Waals surface area (Å²) in [6.45, 7) is 7.79. The SMILES string of the molecule is C[C@H](c1nc(-c2ccccc2)no1)N1CCN(C[C@H]2CC=CCC2)CC1. The largest absolute Gasteiger partial charge is 0.337 e. The molecule has 26 heavy (non-hydrogen) atoms. The highest BCUT2D eigenvalue weighted by Crippen LogP contribution is 2.24. The third kappa shape index (κ3) is 4.05. The van der Waals surface area contributed by atoms with Crippen molar-refractivity contribution < 1.29 is 4.52 Å². The summed E-state index contributed by atoms with van der Waals surface area (Å²) in [5.74, 6) is 2.24. The molecule has 1 aliphatic carbocycles. The van der Waals surface area contributed by atoms with Crippen molar-refractivity contribution >= 4 is 0 Å². The van der Waals surface area contributed by atoms with Crippen LogP contribution in [-0.2, 0) is 0 Å². The first-order chi connectivity index (χ1) is 12.8. The molecule has 0 N–H and O–H groups in total. The predicted octanol–water partition coefficient (Wildman–Crippen LogP) is 3.77. The van der Waals surface area contributed by atoms with Crippen molar-refractivity contribution in [2.24, 2.45) is 5.92 Å². The second kappa shape index (κ2) is 8.14. The van der Waals surface area contributed by atoms with Gasteiger partial charge >= 0.3 is 0 Å². The van der Waals surface area contributed by atoms with E-state index in [0.717, 1.165) is 43.6 Å². The third-order valence-corrected chi connectivity index (χ3v) is 5.68. The van der Waals surface area contributed by atoms with E-state index in [1.807, 2.05) is 30.3 Å². The minimum Gasteiger partial charge on any atom is -0.337 e. The average molecular weight is 352 g/mol. The summed E-state index contributed by atoms with van der Waals surface area (Å²) in [7, 11) is 0. The molecule has 2 aromatic rings. The maximum Gasteiger partial charge on any atom is 0.244 e. The van der Waals surface area contributed by atoms with Crippen LogP contribution in [0.15, 0.2) is 47.0 Å². The summed E-state index contributed by atoms with van der Waals surface area (Å²) < 4.78 is 5.56. The highest BCUT2D eigenvalue weighted by molar-refractivity contribution is 5.53. The average Bonchev–Trinajstić information content (AvgIpc) is 3.20. The summed E-state index contributed by atoms with van der Waals surface area (Å²) >= 11 is 0. The van der Waals surface area contributed by atoms with E-state index >= 15 is 0 Å². The lowest BCUT2D eigenvalue weighted by atomic mass is 9.94. The fourth-order valence-electron chi connectivity index (χ4n) is 3.99. The fourth-order valence-corrected chi connectivity index (χ4v) is 3.99. The van der Waals surface area contributed by atoms with Crippen LogP contribution in [0.5, 0.6) is 0 Å². The van der Waals surface area contributed by atoms with Gasteiger partial charge in [0.05, 0.1) is 6.04 Å². The first-order valence-corrected chi connectivity index (χ1v) is 9.80. The highest BCUT2D eigenvalue weighted by atomic mass is 16.5. The van der Waals surface area contributed by atoms with Crippen LogP contribution in [0, 0.1) is 5.92 Å². The molecule has 1 saturated heterocycles. The number of benzene rings is 1. The van der Waals surface area contributed by atoms with Gasteiger partial charge in [0, 0.05) is 38.3 Å². The Hall–Kier alpha value is -1.98. The van der Waals surface area contributed by atoms with Crippen molar-refractivity contribution in [2.75, 3.05) is 32.7 Å². The standard InChI is InChI=1S/C21H28N4O/c1-17(21-22-20(23-26-21)19-10-6-3-7-11-19)25-14-12-24(13-15-25)16-18-8-4-2-5-9-18/h2-4,6-7,10-11,17-18H,5,8-9,12-16H2,1H3/t17-,18+/m1/s1. The number of piperazine rings is 1. The van der Waals surface area contributed by atoms with Crippen molar-refractivity contribution in [3.05, 3.63) is 48.4 Å². The molecular formula is C21H28N4O. The molecule has 138 valence electrons. The Balaban J connectivity index is 1.31. The Labute approximate surface area is 155 Å². The molecule has 2 heterocycles. The smallest absolute Gasteiger partial charge is 0.244 e. The summed E-state index contributed by atoms with van der Waals surface area (Å²) in [5, 5.41) is 4.17. The van der Waals surface area contributed by atoms with Gasteiger partial charge in [-0.25, -0.2) is 0 Å². The van der Waals surface area contributed by atoms with Gasteiger partial charge in [-0.1, -0.05) is 47.6 Å². The quantitative estimate of drug-likeness (QED) is 0.767. The number of hydrogen-bond donors (Lipinski definition) is 0. The van der Waals surface area contributed by atoms with Gasteiger partial charge < -0.3 is 9.42 Å². The predicted molar refractivity (Wildman–Crippen MR) is 103 cm³/mol. The molecule has 1 aromatic heterocycles. The first-order valence-electron chi connectivity index (χ1n) is 9.80. The fraction of sp³-hybridized carbons (Fsp3) is 0.524. The Bertz CT molecular complexity index is 719. The molecule has 0 radical (unpaired) electrons. The van der Waals surface area contributed by atoms with Gasteiger partial charge in [0.15, 0.2) is 0 Å². The van der Waals surface area contributed by atoms with Crippen LogP contribution < -0.4 is 0 Å². The molecule has 5 nitrogen and oxygen atoms in total. The molecule has 1 aromatic carbocycles. The zero-order chi connectivity index (χ0) is 17.8. The van der Waals surface area contributed by atoms with Gasteiger partial charge in [-0.2, -0.15) is 4.98 Å². The monoisotopic (exact) mass is 352 g/mol. The molecule has 1 fully saturated rings. The normalized spacial score (nSPS) is 23.2. The van der Waals surface area contributed by atoms with E-state index in [0.29, 0.717) is 5.82 Å². The molecule has 0 bridgehead atoms. The van der Waals surface area contributed by atoms with Gasteiger partial charge in [0.2, 0.25) is 11.7 Å². The minimum absolute atomic E-state index is 0.166. The van der Waals surface area contributed by atoms with E-state index < -0.39 is 0 Å². The van der Waals surface area contributed by atoms with Crippen LogP contribution in [-0.4, -0.2) is 52.7 Å². The second-order valence-electron chi connectivity index (χ2n) is 7.49. The number of nitrogens with zero attached hydrogens (tertiary/aromatic N) is 4. The summed E-state index contributed by atoms with van der Waals surface area (Å²) in [5.41, 5.74) is 1.00. The van der Waals surface area contributed by atoms with Crippen molar-refractivity contribution in [2.45, 2.75) is 32.2 Å². The van der Waals surface area contributed by atoms with E-state index in [4.69, 9.17) is 4.52 Å². The number of hydrogen-bond acceptors (Lipinski definition) is 5. The lowest BCUT2D eigenvalue weighted by molar-refractivity contribution is 0.0782. The van der Waals surface area contributed by atoms with Gasteiger partial charge in [-0.15, -0.1) is 0 Å². The van der Waals surface area contributed by atoms with Crippen LogP contribution in [0.25, 0.3) is 11.4 Å². The van der Waals surface area contributed by atoms with E-state index in [-0.39, 0.29) is 6.04 Å². The molecule has 4 rings (SSSR count). The molecule has 0 unspecified atom stereocenters. The Kier molecular flexibility index (Phi) is 5.46. The molecule has 5 heteroatoms. The lowest BCUT2D eigenvalue weighted by Crippen LogP contribution is -2.48. The third-order valence-electron chi connectivity index (χ3n) is 5.68. The number of allylic oxidation sites excluding steroid dienone is 2. The second-order valence-corrected chi connectivity index (χ2v) is 7.49. The van der Waals surface area contributed by atoms with E-state index in [9.17, 15) is 0 Å². The van der Waals surface area contributed by atoms with Gasteiger partial charge in [-0.3, -0.25) is 4.90 Å². The first kappa shape index (κ1) is 17.4. The maximum absolute atomic E-state index is 5.56. The van der Waals surface area contributed by atoms with Gasteiger partial charge in [0.1, 0.15) is 0 Å². The van der Waals surface area contributed by atoms with Crippen LogP contribution >= 0.6 is 0 Å². The Morgan fingerprint density at radius 1 is 1.12 bits per heavy atom. The van der Waals surface area contributed by atoms with Crippen LogP contribution in [0.3, 0.4) is 0 Å². The van der Waals surface area contributed by atoms with E-state index in [2.05, 4.69) is 39.0 Å². The van der Waals surface area contributed by atoms with Crippen molar-refractivity contribution in [3.63, 3.8) is 0 Å². The van der Waals surface area contributed by atoms with Crippen molar-refractivity contribution in [1.82, 2.24) is 19.9 Å². The maximum atomic E-state index is 5.56. The lowest BCUT2D eigenvalue weighted by Gasteiger charge is -2.38. The van der Waals surface area contributed by atoms with Gasteiger partial charge in [-0.05, 0) is 32.1 Å². The zero-order valence-electron chi connectivity index (χ0n) is 15.6. The van der Waals surface area contributed by atoms with E-state index in [1.165, 1.54) is 25.8 Å². The minimum atomic E-state index is 0.166. The molecule has 0 spiro atoms. The number of rotatable bonds is 5. The Morgan fingerprint density at radius 2 is 1.92 bits per heavy atom. The molecule has 0 amide bonds.